The maximum atomic E-state index is 10.4. The van der Waals surface area contributed by atoms with Gasteiger partial charge in [0.1, 0.15) is 6.10 Å². The Bertz CT molecular complexity index is 212. The highest BCUT2D eigenvalue weighted by Crippen LogP contribution is 2.40. The number of ether oxygens (including phenoxy) is 1. The summed E-state index contributed by atoms with van der Waals surface area (Å²) >= 11 is 5.11. The number of rotatable bonds is 1. The maximum absolute atomic E-state index is 10.4. The van der Waals surface area contributed by atoms with Crippen LogP contribution in [0.15, 0.2) is 12.2 Å². The normalized spacial score (nSPS) is 39.5. The Morgan fingerprint density at radius 1 is 1.45 bits per heavy atom. The second kappa shape index (κ2) is 2.52. The highest BCUT2D eigenvalue weighted by atomic mass is 35.5. The van der Waals surface area contributed by atoms with Crippen molar-refractivity contribution in [1.82, 2.24) is 0 Å². The minimum absolute atomic E-state index is 0.0509. The van der Waals surface area contributed by atoms with Crippen LogP contribution in [0.25, 0.3) is 0 Å². The molecule has 2 rings (SSSR count). The molecule has 3 unspecified atom stereocenters. The fraction of sp³-hybridized carbons (Fsp3) is 0.625. The SMILES string of the molecule is O=C(Cl)OC1CC2C=CC1C2. The van der Waals surface area contributed by atoms with Gasteiger partial charge in [-0.05, 0) is 18.8 Å². The third-order valence-corrected chi connectivity index (χ3v) is 2.55. The first kappa shape index (κ1) is 7.17. The van der Waals surface area contributed by atoms with Crippen LogP contribution < -0.4 is 0 Å². The van der Waals surface area contributed by atoms with E-state index in [0.717, 1.165) is 12.8 Å². The lowest BCUT2D eigenvalue weighted by Gasteiger charge is -2.16. The molecule has 3 atom stereocenters. The standard InChI is InChI=1S/C8H9ClO2/c9-8(10)11-7-4-5-1-2-6(7)3-5/h1-2,5-7H,3-4H2. The average Bonchev–Trinajstić information content (AvgIpc) is 2.45. The molecule has 1 fully saturated rings. The molecule has 1 saturated carbocycles. The fourth-order valence-electron chi connectivity index (χ4n) is 1.98. The molecule has 2 bridgehead atoms. The molecule has 0 aromatic heterocycles. The smallest absolute Gasteiger partial charge is 0.404 e. The van der Waals surface area contributed by atoms with Crippen molar-refractivity contribution in [3.63, 3.8) is 0 Å². The van der Waals surface area contributed by atoms with Gasteiger partial charge in [0.05, 0.1) is 0 Å². The molecule has 0 aliphatic heterocycles. The van der Waals surface area contributed by atoms with Crippen LogP contribution in [0.4, 0.5) is 4.79 Å². The van der Waals surface area contributed by atoms with Gasteiger partial charge < -0.3 is 4.74 Å². The quantitative estimate of drug-likeness (QED) is 0.448. The average molecular weight is 173 g/mol. The summed E-state index contributed by atoms with van der Waals surface area (Å²) in [7, 11) is 0. The largest absolute Gasteiger partial charge is 0.450 e. The highest BCUT2D eigenvalue weighted by molar-refractivity contribution is 6.61. The summed E-state index contributed by atoms with van der Waals surface area (Å²) in [6, 6.07) is 0. The fourth-order valence-corrected chi connectivity index (χ4v) is 2.10. The number of allylic oxidation sites excluding steroid dienone is 1. The molecule has 0 aromatic rings. The third-order valence-electron chi connectivity index (χ3n) is 2.46. The molecule has 0 heterocycles. The first-order valence-electron chi connectivity index (χ1n) is 3.80. The van der Waals surface area contributed by atoms with Gasteiger partial charge in [-0.1, -0.05) is 12.2 Å². The molecule has 0 amide bonds. The molecule has 2 aliphatic carbocycles. The molecule has 2 nitrogen and oxygen atoms in total. The van der Waals surface area contributed by atoms with E-state index in [1.54, 1.807) is 0 Å². The Balaban J connectivity index is 1.98. The van der Waals surface area contributed by atoms with Crippen molar-refractivity contribution in [3.8, 4) is 0 Å². The maximum Gasteiger partial charge on any atom is 0.404 e. The minimum atomic E-state index is -0.670. The highest BCUT2D eigenvalue weighted by Gasteiger charge is 2.37. The van der Waals surface area contributed by atoms with E-state index < -0.39 is 5.43 Å². The van der Waals surface area contributed by atoms with Crippen molar-refractivity contribution in [3.05, 3.63) is 12.2 Å². The zero-order chi connectivity index (χ0) is 7.84. The van der Waals surface area contributed by atoms with E-state index in [1.165, 1.54) is 0 Å². The molecule has 2 aliphatic rings. The summed E-state index contributed by atoms with van der Waals surface area (Å²) in [5.41, 5.74) is -0.670. The van der Waals surface area contributed by atoms with E-state index in [0.29, 0.717) is 11.8 Å². The lowest BCUT2D eigenvalue weighted by atomic mass is 10.1. The Morgan fingerprint density at radius 3 is 2.73 bits per heavy atom. The topological polar surface area (TPSA) is 26.3 Å². The lowest BCUT2D eigenvalue weighted by molar-refractivity contribution is 0.105. The van der Waals surface area contributed by atoms with Gasteiger partial charge in [0, 0.05) is 17.5 Å². The van der Waals surface area contributed by atoms with E-state index in [2.05, 4.69) is 12.2 Å². The van der Waals surface area contributed by atoms with E-state index in [4.69, 9.17) is 16.3 Å². The van der Waals surface area contributed by atoms with Gasteiger partial charge in [0.25, 0.3) is 0 Å². The Labute approximate surface area is 70.2 Å². The summed E-state index contributed by atoms with van der Waals surface area (Å²) in [6.07, 6.45) is 6.46. The van der Waals surface area contributed by atoms with Gasteiger partial charge in [-0.25, -0.2) is 4.79 Å². The minimum Gasteiger partial charge on any atom is -0.450 e. The monoisotopic (exact) mass is 172 g/mol. The molecule has 3 heteroatoms. The summed E-state index contributed by atoms with van der Waals surface area (Å²) in [4.78, 5) is 10.4. The number of hydrogen-bond donors (Lipinski definition) is 0. The summed E-state index contributed by atoms with van der Waals surface area (Å²) in [5.74, 6) is 1.06. The van der Waals surface area contributed by atoms with E-state index in [9.17, 15) is 4.79 Å². The van der Waals surface area contributed by atoms with Crippen LogP contribution in [0.1, 0.15) is 12.8 Å². The van der Waals surface area contributed by atoms with E-state index in [-0.39, 0.29) is 6.10 Å². The Hall–Kier alpha value is -0.500. The zero-order valence-electron chi connectivity index (χ0n) is 6.00. The van der Waals surface area contributed by atoms with Gasteiger partial charge in [0.2, 0.25) is 0 Å². The number of carbonyl (C=O) groups excluding carboxylic acids is 1. The molecule has 60 valence electrons. The Morgan fingerprint density at radius 2 is 2.27 bits per heavy atom. The second-order valence-corrected chi connectivity index (χ2v) is 3.48. The van der Waals surface area contributed by atoms with Crippen LogP contribution >= 0.6 is 11.6 Å². The van der Waals surface area contributed by atoms with Crippen LogP contribution in [0.2, 0.25) is 0 Å². The molecule has 0 spiro atoms. The molecular formula is C8H9ClO2. The predicted octanol–water partition coefficient (Wildman–Crippen LogP) is 2.33. The van der Waals surface area contributed by atoms with Crippen molar-refractivity contribution in [2.45, 2.75) is 18.9 Å². The zero-order valence-corrected chi connectivity index (χ0v) is 6.75. The second-order valence-electron chi connectivity index (χ2n) is 3.17. The number of fused-ring (bicyclic) bond motifs is 2. The Kier molecular flexibility index (Phi) is 1.64. The van der Waals surface area contributed by atoms with Crippen molar-refractivity contribution in [2.75, 3.05) is 0 Å². The number of hydrogen-bond acceptors (Lipinski definition) is 2. The number of carbonyl (C=O) groups is 1. The molecule has 0 aromatic carbocycles. The van der Waals surface area contributed by atoms with Crippen LogP contribution in [0.5, 0.6) is 0 Å². The summed E-state index contributed by atoms with van der Waals surface area (Å²) in [6.45, 7) is 0. The third kappa shape index (κ3) is 1.27. The van der Waals surface area contributed by atoms with E-state index in [1.807, 2.05) is 0 Å². The van der Waals surface area contributed by atoms with Crippen LogP contribution in [-0.4, -0.2) is 11.5 Å². The van der Waals surface area contributed by atoms with Gasteiger partial charge in [-0.3, -0.25) is 0 Å². The number of halogens is 1. The van der Waals surface area contributed by atoms with Gasteiger partial charge in [-0.15, -0.1) is 0 Å². The molecular weight excluding hydrogens is 164 g/mol. The van der Waals surface area contributed by atoms with Gasteiger partial charge in [0.15, 0.2) is 0 Å². The first-order valence-corrected chi connectivity index (χ1v) is 4.18. The first-order chi connectivity index (χ1) is 5.25. The van der Waals surface area contributed by atoms with Crippen molar-refractivity contribution >= 4 is 17.0 Å². The van der Waals surface area contributed by atoms with E-state index >= 15 is 0 Å². The van der Waals surface area contributed by atoms with Crippen LogP contribution in [-0.2, 0) is 4.74 Å². The molecule has 0 radical (unpaired) electrons. The van der Waals surface area contributed by atoms with Crippen molar-refractivity contribution < 1.29 is 9.53 Å². The summed E-state index contributed by atoms with van der Waals surface area (Å²) in [5, 5.41) is 0. The lowest BCUT2D eigenvalue weighted by Crippen LogP contribution is -2.18. The molecule has 0 saturated heterocycles. The van der Waals surface area contributed by atoms with Crippen LogP contribution in [0.3, 0.4) is 0 Å². The predicted molar refractivity (Wildman–Crippen MR) is 41.5 cm³/mol. The molecule has 0 N–H and O–H groups in total. The van der Waals surface area contributed by atoms with Gasteiger partial charge in [-0.2, -0.15) is 0 Å². The molecule has 11 heavy (non-hydrogen) atoms. The summed E-state index contributed by atoms with van der Waals surface area (Å²) < 4.78 is 4.92. The van der Waals surface area contributed by atoms with Crippen molar-refractivity contribution in [2.24, 2.45) is 11.8 Å². The van der Waals surface area contributed by atoms with Crippen molar-refractivity contribution in [1.29, 1.82) is 0 Å². The van der Waals surface area contributed by atoms with Gasteiger partial charge >= 0.3 is 5.43 Å². The van der Waals surface area contributed by atoms with Crippen LogP contribution in [0, 0.1) is 11.8 Å².